The summed E-state index contributed by atoms with van der Waals surface area (Å²) in [6.45, 7) is 6.42. The van der Waals surface area contributed by atoms with Crippen LogP contribution in [-0.2, 0) is 5.41 Å². The molecule has 4 heteroatoms. The number of benzene rings is 1. The second-order valence-corrected chi connectivity index (χ2v) is 6.49. The van der Waals surface area contributed by atoms with Crippen LogP contribution in [0.4, 0.5) is 4.39 Å². The predicted molar refractivity (Wildman–Crippen MR) is 78.1 cm³/mol. The molecule has 0 aliphatic heterocycles. The Bertz CT molecular complexity index is 557. The third-order valence-corrected chi connectivity index (χ3v) is 3.92. The predicted octanol–water partition coefficient (Wildman–Crippen LogP) is 3.89. The first-order valence-corrected chi connectivity index (χ1v) is 7.18. The van der Waals surface area contributed by atoms with Crippen LogP contribution in [0, 0.1) is 5.82 Å². The van der Waals surface area contributed by atoms with Crippen molar-refractivity contribution in [3.05, 3.63) is 51.7 Å². The van der Waals surface area contributed by atoms with Crippen LogP contribution in [0.15, 0.2) is 29.6 Å². The number of hydrogen-bond donors (Lipinski definition) is 1. The first kappa shape index (κ1) is 14.2. The lowest BCUT2D eigenvalue weighted by molar-refractivity contribution is 0.565. The van der Waals surface area contributed by atoms with Crippen LogP contribution in [0.3, 0.4) is 0 Å². The van der Waals surface area contributed by atoms with Crippen molar-refractivity contribution in [3.8, 4) is 0 Å². The van der Waals surface area contributed by atoms with Gasteiger partial charge in [0.25, 0.3) is 0 Å². The molecule has 19 heavy (non-hydrogen) atoms. The Balaban J connectivity index is 2.35. The molecule has 1 aromatic heterocycles. The highest BCUT2D eigenvalue weighted by atomic mass is 32.1. The molecule has 0 bridgehead atoms. The minimum atomic E-state index is -0.217. The number of nitrogens with one attached hydrogen (secondary N) is 1. The maximum atomic E-state index is 13.3. The first-order chi connectivity index (χ1) is 8.91. The molecular formula is C15H19FN2S. The largest absolute Gasteiger partial charge is 0.307 e. The Hall–Kier alpha value is -1.26. The van der Waals surface area contributed by atoms with Crippen LogP contribution in [-0.4, -0.2) is 12.0 Å². The van der Waals surface area contributed by atoms with Crippen molar-refractivity contribution < 1.29 is 4.39 Å². The molecule has 0 aliphatic rings. The van der Waals surface area contributed by atoms with Crippen LogP contribution in [0.1, 0.15) is 43.1 Å². The molecule has 2 aromatic rings. The van der Waals surface area contributed by atoms with E-state index < -0.39 is 0 Å². The maximum Gasteiger partial charge on any atom is 0.123 e. The summed E-state index contributed by atoms with van der Waals surface area (Å²) >= 11 is 1.61. The molecule has 1 unspecified atom stereocenters. The van der Waals surface area contributed by atoms with Gasteiger partial charge in [-0.3, -0.25) is 0 Å². The summed E-state index contributed by atoms with van der Waals surface area (Å²) in [5.74, 6) is -0.217. The standard InChI is InChI=1S/C15H19FN2S/c1-15(2,3)12-9-19-14(18-12)13(17-4)10-6-5-7-11(16)8-10/h5-9,13,17H,1-4H3. The molecule has 0 aliphatic carbocycles. The zero-order valence-corrected chi connectivity index (χ0v) is 12.5. The van der Waals surface area contributed by atoms with E-state index in [9.17, 15) is 4.39 Å². The Labute approximate surface area is 117 Å². The third-order valence-electron chi connectivity index (χ3n) is 3.01. The number of rotatable bonds is 3. The minimum Gasteiger partial charge on any atom is -0.307 e. The molecule has 1 atom stereocenters. The van der Waals surface area contributed by atoms with E-state index in [1.54, 1.807) is 23.5 Å². The molecule has 1 aromatic carbocycles. The SMILES string of the molecule is CNC(c1cccc(F)c1)c1nc(C(C)(C)C)cs1. The van der Waals surface area contributed by atoms with Gasteiger partial charge in [-0.05, 0) is 24.7 Å². The number of aromatic nitrogens is 1. The number of hydrogen-bond acceptors (Lipinski definition) is 3. The molecule has 2 rings (SSSR count). The molecule has 1 N–H and O–H groups in total. The van der Waals surface area contributed by atoms with Gasteiger partial charge in [0.15, 0.2) is 0 Å². The van der Waals surface area contributed by atoms with E-state index in [0.717, 1.165) is 16.3 Å². The fourth-order valence-corrected chi connectivity index (χ4v) is 3.06. The van der Waals surface area contributed by atoms with Gasteiger partial charge in [-0.1, -0.05) is 32.9 Å². The highest BCUT2D eigenvalue weighted by Gasteiger charge is 2.21. The summed E-state index contributed by atoms with van der Waals surface area (Å²) in [6, 6.07) is 6.60. The Morgan fingerprint density at radius 1 is 1.32 bits per heavy atom. The normalized spacial score (nSPS) is 13.5. The van der Waals surface area contributed by atoms with Crippen molar-refractivity contribution in [2.75, 3.05) is 7.05 Å². The Morgan fingerprint density at radius 3 is 2.58 bits per heavy atom. The monoisotopic (exact) mass is 278 g/mol. The highest BCUT2D eigenvalue weighted by Crippen LogP contribution is 2.29. The number of thiazole rings is 1. The minimum absolute atomic E-state index is 0.0367. The molecule has 0 radical (unpaired) electrons. The fourth-order valence-electron chi connectivity index (χ4n) is 1.88. The average molecular weight is 278 g/mol. The van der Waals surface area contributed by atoms with Gasteiger partial charge in [0.05, 0.1) is 11.7 Å². The van der Waals surface area contributed by atoms with Crippen molar-refractivity contribution in [2.24, 2.45) is 0 Å². The Morgan fingerprint density at radius 2 is 2.05 bits per heavy atom. The zero-order valence-electron chi connectivity index (χ0n) is 11.7. The van der Waals surface area contributed by atoms with Gasteiger partial charge in [0.2, 0.25) is 0 Å². The molecule has 0 amide bonds. The average Bonchev–Trinajstić information content (AvgIpc) is 2.79. The van der Waals surface area contributed by atoms with Crippen LogP contribution in [0.25, 0.3) is 0 Å². The topological polar surface area (TPSA) is 24.9 Å². The van der Waals surface area contributed by atoms with Gasteiger partial charge in [-0.15, -0.1) is 11.3 Å². The third kappa shape index (κ3) is 3.19. The smallest absolute Gasteiger partial charge is 0.123 e. The van der Waals surface area contributed by atoms with Gasteiger partial charge >= 0.3 is 0 Å². The molecule has 0 fully saturated rings. The van der Waals surface area contributed by atoms with E-state index in [2.05, 4.69) is 31.5 Å². The van der Waals surface area contributed by atoms with Crippen molar-refractivity contribution >= 4 is 11.3 Å². The van der Waals surface area contributed by atoms with Crippen molar-refractivity contribution in [1.29, 1.82) is 0 Å². The second kappa shape index (κ2) is 5.39. The van der Waals surface area contributed by atoms with E-state index in [0.29, 0.717) is 0 Å². The summed E-state index contributed by atoms with van der Waals surface area (Å²) in [7, 11) is 1.87. The van der Waals surface area contributed by atoms with Gasteiger partial charge in [-0.25, -0.2) is 9.37 Å². The summed E-state index contributed by atoms with van der Waals surface area (Å²) in [5.41, 5.74) is 2.01. The second-order valence-electron chi connectivity index (χ2n) is 5.60. The summed E-state index contributed by atoms with van der Waals surface area (Å²) in [5, 5.41) is 6.26. The zero-order chi connectivity index (χ0) is 14.0. The van der Waals surface area contributed by atoms with E-state index in [1.807, 2.05) is 13.1 Å². The molecular weight excluding hydrogens is 259 g/mol. The summed E-state index contributed by atoms with van der Waals surface area (Å²) < 4.78 is 13.3. The van der Waals surface area contributed by atoms with Crippen LogP contribution >= 0.6 is 11.3 Å². The molecule has 0 saturated carbocycles. The number of halogens is 1. The lowest BCUT2D eigenvalue weighted by Crippen LogP contribution is -2.18. The quantitative estimate of drug-likeness (QED) is 0.921. The molecule has 102 valence electrons. The molecule has 2 nitrogen and oxygen atoms in total. The highest BCUT2D eigenvalue weighted by molar-refractivity contribution is 7.09. The van der Waals surface area contributed by atoms with Crippen LogP contribution in [0.5, 0.6) is 0 Å². The van der Waals surface area contributed by atoms with Gasteiger partial charge in [-0.2, -0.15) is 0 Å². The van der Waals surface area contributed by atoms with Crippen molar-refractivity contribution in [2.45, 2.75) is 32.2 Å². The lowest BCUT2D eigenvalue weighted by Gasteiger charge is -2.16. The molecule has 0 saturated heterocycles. The summed E-state index contributed by atoms with van der Waals surface area (Å²) in [4.78, 5) is 4.69. The van der Waals surface area contributed by atoms with E-state index in [1.165, 1.54) is 6.07 Å². The first-order valence-electron chi connectivity index (χ1n) is 6.30. The van der Waals surface area contributed by atoms with Crippen molar-refractivity contribution in [3.63, 3.8) is 0 Å². The summed E-state index contributed by atoms with van der Waals surface area (Å²) in [6.07, 6.45) is 0. The van der Waals surface area contributed by atoms with Crippen LogP contribution < -0.4 is 5.32 Å². The lowest BCUT2D eigenvalue weighted by atomic mass is 9.93. The van der Waals surface area contributed by atoms with Crippen molar-refractivity contribution in [1.82, 2.24) is 10.3 Å². The maximum absolute atomic E-state index is 13.3. The molecule has 1 heterocycles. The van der Waals surface area contributed by atoms with E-state index in [-0.39, 0.29) is 17.3 Å². The van der Waals surface area contributed by atoms with Gasteiger partial charge < -0.3 is 5.32 Å². The number of nitrogens with zero attached hydrogens (tertiary/aromatic N) is 1. The molecule has 0 spiro atoms. The Kier molecular flexibility index (Phi) is 4.02. The fraction of sp³-hybridized carbons (Fsp3) is 0.400. The van der Waals surface area contributed by atoms with E-state index >= 15 is 0 Å². The van der Waals surface area contributed by atoms with Gasteiger partial charge in [0, 0.05) is 10.8 Å². The van der Waals surface area contributed by atoms with E-state index in [4.69, 9.17) is 4.98 Å². The van der Waals surface area contributed by atoms with Gasteiger partial charge in [0.1, 0.15) is 10.8 Å². The van der Waals surface area contributed by atoms with Crippen LogP contribution in [0.2, 0.25) is 0 Å².